The molecule has 0 heterocycles. The van der Waals surface area contributed by atoms with Gasteiger partial charge in [-0.25, -0.2) is 0 Å². The van der Waals surface area contributed by atoms with Gasteiger partial charge < -0.3 is 0 Å². The molecule has 0 aliphatic heterocycles. The van der Waals surface area contributed by atoms with Crippen molar-refractivity contribution in [3.8, 4) is 0 Å². The van der Waals surface area contributed by atoms with Crippen molar-refractivity contribution < 1.29 is 19.7 Å². The second-order valence-electron chi connectivity index (χ2n) is 4.44. The first-order valence-corrected chi connectivity index (χ1v) is 12.5. The van der Waals surface area contributed by atoms with Crippen LogP contribution in [0.25, 0.3) is 0 Å². The Kier molecular flexibility index (Phi) is 5.95. The summed E-state index contributed by atoms with van der Waals surface area (Å²) in [7, 11) is 0. The number of nitro benzene ring substituents is 4. The summed E-state index contributed by atoms with van der Waals surface area (Å²) < 4.78 is 0.190. The van der Waals surface area contributed by atoms with E-state index in [-0.39, 0.29) is 8.92 Å². The number of nitrogens with zero attached hydrogens (tertiary/aromatic N) is 4. The maximum atomic E-state index is 11.2. The van der Waals surface area contributed by atoms with Crippen molar-refractivity contribution in [1.82, 2.24) is 0 Å². The van der Waals surface area contributed by atoms with Crippen molar-refractivity contribution in [3.63, 3.8) is 0 Å². The van der Waals surface area contributed by atoms with Crippen molar-refractivity contribution in [2.24, 2.45) is 0 Å². The Morgan fingerprint density at radius 2 is 0.923 bits per heavy atom. The number of hydrogen-bond acceptors (Lipinski definition) is 8. The Morgan fingerprint density at radius 3 is 1.19 bits per heavy atom. The van der Waals surface area contributed by atoms with Crippen LogP contribution in [0.4, 0.5) is 22.7 Å². The predicted molar refractivity (Wildman–Crippen MR) is 90.3 cm³/mol. The summed E-state index contributed by atoms with van der Waals surface area (Å²) in [5, 5.41) is 44.3. The van der Waals surface area contributed by atoms with Gasteiger partial charge in [0.15, 0.2) is 0 Å². The molecule has 2 rings (SSSR count). The Hall–Kier alpha value is -2.92. The molecule has 0 saturated heterocycles. The van der Waals surface area contributed by atoms with Crippen LogP contribution in [0, 0.1) is 40.5 Å². The Morgan fingerprint density at radius 1 is 0.577 bits per heavy atom. The first-order valence-electron chi connectivity index (χ1n) is 6.42. The quantitative estimate of drug-likeness (QED) is 0.307. The van der Waals surface area contributed by atoms with E-state index in [4.69, 9.17) is 0 Å². The molecule has 0 radical (unpaired) electrons. The van der Waals surface area contributed by atoms with Crippen molar-refractivity contribution >= 4 is 57.9 Å². The monoisotopic (exact) mass is 494 g/mol. The van der Waals surface area contributed by atoms with Gasteiger partial charge in [0.05, 0.1) is 0 Å². The van der Waals surface area contributed by atoms with Crippen LogP contribution in [0.5, 0.6) is 0 Å². The molecule has 0 saturated carbocycles. The number of para-hydroxylation sites is 2. The van der Waals surface area contributed by atoms with Gasteiger partial charge in [-0.3, -0.25) is 0 Å². The normalized spacial score (nSPS) is 10.3. The van der Waals surface area contributed by atoms with Crippen LogP contribution >= 0.6 is 0 Å². The van der Waals surface area contributed by atoms with Crippen LogP contribution in [-0.4, -0.2) is 46.0 Å². The van der Waals surface area contributed by atoms with E-state index in [9.17, 15) is 40.5 Å². The number of benzene rings is 2. The first-order chi connectivity index (χ1) is 12.2. The molecule has 0 aromatic heterocycles. The Bertz CT molecular complexity index is 860. The molecule has 0 bridgehead atoms. The fraction of sp³-hybridized carbons (Fsp3) is 0. The van der Waals surface area contributed by atoms with Crippen LogP contribution in [0.2, 0.25) is 0 Å². The molecule has 2 aromatic rings. The summed E-state index contributed by atoms with van der Waals surface area (Å²) in [5.74, 6) is 0. The van der Waals surface area contributed by atoms with Gasteiger partial charge in [-0.15, -0.1) is 0 Å². The van der Waals surface area contributed by atoms with Gasteiger partial charge in [0.2, 0.25) is 0 Å². The molecule has 134 valence electrons. The Balaban J connectivity index is 2.45. The molecule has 0 unspecified atom stereocenters. The standard InChI is InChI=1S/C12H6N4O8Se2/c17-13(18)7-3-1-5-9(11(7)15(21)22)25-26-10-6-2-4-8(14(19)20)12(10)16(23)24/h1-6H. The summed E-state index contributed by atoms with van der Waals surface area (Å²) in [6, 6.07) is 7.27. The number of nitro groups is 4. The summed E-state index contributed by atoms with van der Waals surface area (Å²) >= 11 is -1.47. The van der Waals surface area contributed by atoms with E-state index in [0.29, 0.717) is 0 Å². The van der Waals surface area contributed by atoms with Crippen LogP contribution in [-0.2, 0) is 0 Å². The second-order valence-corrected chi connectivity index (χ2v) is 10.6. The first kappa shape index (κ1) is 19.4. The molecule has 0 N–H and O–H groups in total. The SMILES string of the molecule is O=[N+]([O-])c1cccc([Se][Se]c2cccc([N+](=O)[O-])c2[N+](=O)[O-])c1[N+](=O)[O-]. The fourth-order valence-corrected chi connectivity index (χ4v) is 8.82. The third-order valence-electron chi connectivity index (χ3n) is 2.94. The average Bonchev–Trinajstić information content (AvgIpc) is 2.58. The van der Waals surface area contributed by atoms with E-state index in [1.807, 2.05) is 0 Å². The van der Waals surface area contributed by atoms with Gasteiger partial charge in [-0.05, 0) is 0 Å². The van der Waals surface area contributed by atoms with Gasteiger partial charge in [0.25, 0.3) is 0 Å². The average molecular weight is 492 g/mol. The third-order valence-corrected chi connectivity index (χ3v) is 10.1. The summed E-state index contributed by atoms with van der Waals surface area (Å²) in [4.78, 5) is 40.8. The van der Waals surface area contributed by atoms with E-state index in [1.54, 1.807) is 0 Å². The number of hydrogen-bond donors (Lipinski definition) is 0. The second kappa shape index (κ2) is 7.97. The topological polar surface area (TPSA) is 173 Å². The fourth-order valence-electron chi connectivity index (χ4n) is 1.91. The summed E-state index contributed by atoms with van der Waals surface area (Å²) in [6.07, 6.45) is 0. The molecule has 0 fully saturated rings. The molecule has 0 amide bonds. The predicted octanol–water partition coefficient (Wildman–Crippen LogP) is 0.594. The zero-order chi connectivity index (χ0) is 19.4. The molecule has 26 heavy (non-hydrogen) atoms. The minimum absolute atomic E-state index is 0.0949. The minimum atomic E-state index is -0.874. The molecular weight excluding hydrogens is 486 g/mol. The van der Waals surface area contributed by atoms with Crippen LogP contribution in [0.15, 0.2) is 36.4 Å². The van der Waals surface area contributed by atoms with E-state index < -0.39 is 68.7 Å². The van der Waals surface area contributed by atoms with E-state index in [1.165, 1.54) is 24.3 Å². The molecule has 0 aliphatic rings. The molecular formula is C12H6N4O8Se2. The van der Waals surface area contributed by atoms with Gasteiger partial charge in [0.1, 0.15) is 0 Å². The zero-order valence-corrected chi connectivity index (χ0v) is 15.8. The van der Waals surface area contributed by atoms with Crippen molar-refractivity contribution in [1.29, 1.82) is 0 Å². The van der Waals surface area contributed by atoms with E-state index >= 15 is 0 Å². The van der Waals surface area contributed by atoms with Gasteiger partial charge in [0, 0.05) is 0 Å². The molecule has 0 spiro atoms. The van der Waals surface area contributed by atoms with E-state index in [0.717, 1.165) is 12.1 Å². The van der Waals surface area contributed by atoms with Gasteiger partial charge in [-0.1, -0.05) is 0 Å². The summed E-state index contributed by atoms with van der Waals surface area (Å²) in [6.45, 7) is 0. The molecule has 12 nitrogen and oxygen atoms in total. The number of rotatable bonds is 7. The van der Waals surface area contributed by atoms with Gasteiger partial charge >= 0.3 is 154 Å². The van der Waals surface area contributed by atoms with Crippen molar-refractivity contribution in [2.75, 3.05) is 0 Å². The van der Waals surface area contributed by atoms with Crippen molar-refractivity contribution in [3.05, 3.63) is 76.9 Å². The Labute approximate surface area is 154 Å². The van der Waals surface area contributed by atoms with E-state index in [2.05, 4.69) is 0 Å². The zero-order valence-electron chi connectivity index (χ0n) is 12.3. The van der Waals surface area contributed by atoms with Crippen LogP contribution in [0.3, 0.4) is 0 Å². The third kappa shape index (κ3) is 4.00. The van der Waals surface area contributed by atoms with Crippen LogP contribution < -0.4 is 8.92 Å². The van der Waals surface area contributed by atoms with Crippen LogP contribution in [0.1, 0.15) is 0 Å². The maximum absolute atomic E-state index is 11.2. The molecule has 0 aliphatic carbocycles. The molecule has 14 heteroatoms. The molecule has 0 atom stereocenters. The summed E-state index contributed by atoms with van der Waals surface area (Å²) in [5.41, 5.74) is -2.66. The van der Waals surface area contributed by atoms with Gasteiger partial charge in [-0.2, -0.15) is 0 Å². The molecule has 2 aromatic carbocycles. The van der Waals surface area contributed by atoms with Crippen molar-refractivity contribution in [2.45, 2.75) is 0 Å².